The Balaban J connectivity index is 2.57. The van der Waals surface area contributed by atoms with Crippen LogP contribution in [0.4, 0.5) is 0 Å². The highest BCUT2D eigenvalue weighted by Crippen LogP contribution is 2.38. The summed E-state index contributed by atoms with van der Waals surface area (Å²) in [7, 11) is 0. The fraction of sp³-hybridized carbons (Fsp3) is 0.429. The zero-order valence-corrected chi connectivity index (χ0v) is 8.89. The molecule has 1 unspecified atom stereocenters. The Kier molecular flexibility index (Phi) is 1.97. The van der Waals surface area contributed by atoms with Crippen LogP contribution in [0.3, 0.4) is 0 Å². The highest BCUT2D eigenvalue weighted by Gasteiger charge is 2.23. The lowest BCUT2D eigenvalue weighted by atomic mass is 10.3. The topological polar surface area (TPSA) is 25.8 Å². The molecule has 58 valence electrons. The van der Waals surface area contributed by atoms with Crippen molar-refractivity contribution in [3.05, 3.63) is 22.2 Å². The molecule has 0 N–H and O–H groups in total. The van der Waals surface area contributed by atoms with Crippen LogP contribution in [-0.4, -0.2) is 9.97 Å². The van der Waals surface area contributed by atoms with Gasteiger partial charge in [-0.3, -0.25) is 0 Å². The third-order valence-electron chi connectivity index (χ3n) is 1.87. The molecule has 0 saturated carbocycles. The minimum Gasteiger partial charge on any atom is -0.240 e. The van der Waals surface area contributed by atoms with Crippen LogP contribution in [0.25, 0.3) is 0 Å². The summed E-state index contributed by atoms with van der Waals surface area (Å²) in [5, 5.41) is 0. The van der Waals surface area contributed by atoms with Crippen LogP contribution in [0, 0.1) is 0 Å². The normalized spacial score (nSPS) is 21.8. The van der Waals surface area contributed by atoms with E-state index in [1.807, 2.05) is 0 Å². The van der Waals surface area contributed by atoms with Crippen LogP contribution in [0.15, 0.2) is 10.9 Å². The molecule has 1 aromatic rings. The van der Waals surface area contributed by atoms with Gasteiger partial charge in [-0.05, 0) is 28.8 Å². The molecule has 0 saturated heterocycles. The molecule has 0 amide bonds. The average Bonchev–Trinajstić information content (AvgIpc) is 2.35. The number of rotatable bonds is 0. The molecule has 0 aliphatic heterocycles. The van der Waals surface area contributed by atoms with E-state index in [-0.39, 0.29) is 0 Å². The molecule has 0 spiro atoms. The van der Waals surface area contributed by atoms with E-state index >= 15 is 0 Å². The minimum atomic E-state index is 0.428. The van der Waals surface area contributed by atoms with Crippen LogP contribution in [0.2, 0.25) is 0 Å². The first-order valence-corrected chi connectivity index (χ1v) is 5.13. The van der Waals surface area contributed by atoms with Gasteiger partial charge in [0.25, 0.3) is 0 Å². The molecule has 0 fully saturated rings. The maximum Gasteiger partial charge on any atom is 0.117 e. The number of hydrogen-bond donors (Lipinski definition) is 0. The molecule has 0 aromatic carbocycles. The van der Waals surface area contributed by atoms with E-state index in [2.05, 4.69) is 41.8 Å². The number of alkyl halides is 1. The van der Waals surface area contributed by atoms with Gasteiger partial charge in [-0.1, -0.05) is 15.9 Å². The SMILES string of the molecule is Brc1ncnc2c1CCC2Br. The summed E-state index contributed by atoms with van der Waals surface area (Å²) in [6.07, 6.45) is 3.81. The molecule has 2 rings (SSSR count). The van der Waals surface area contributed by atoms with Gasteiger partial charge in [0.15, 0.2) is 0 Å². The third kappa shape index (κ3) is 1.22. The van der Waals surface area contributed by atoms with Gasteiger partial charge < -0.3 is 0 Å². The van der Waals surface area contributed by atoms with Crippen LogP contribution < -0.4 is 0 Å². The highest BCUT2D eigenvalue weighted by molar-refractivity contribution is 9.10. The third-order valence-corrected chi connectivity index (χ3v) is 3.45. The van der Waals surface area contributed by atoms with Crippen molar-refractivity contribution < 1.29 is 0 Å². The monoisotopic (exact) mass is 276 g/mol. The number of aromatic nitrogens is 2. The van der Waals surface area contributed by atoms with Crippen molar-refractivity contribution in [2.45, 2.75) is 17.7 Å². The molecule has 1 aromatic heterocycles. The van der Waals surface area contributed by atoms with Gasteiger partial charge in [0.1, 0.15) is 10.9 Å². The van der Waals surface area contributed by atoms with E-state index in [1.54, 1.807) is 6.33 Å². The second-order valence-corrected chi connectivity index (χ2v) is 4.39. The number of nitrogens with zero attached hydrogens (tertiary/aromatic N) is 2. The molecule has 0 bridgehead atoms. The molecule has 1 heterocycles. The number of halogens is 2. The highest BCUT2D eigenvalue weighted by atomic mass is 79.9. The van der Waals surface area contributed by atoms with Crippen molar-refractivity contribution in [1.82, 2.24) is 9.97 Å². The standard InChI is InChI=1S/C7H6Br2N2/c8-5-2-1-4-6(5)10-3-11-7(4)9/h3,5H,1-2H2. The van der Waals surface area contributed by atoms with Crippen LogP contribution in [0.5, 0.6) is 0 Å². The van der Waals surface area contributed by atoms with E-state index < -0.39 is 0 Å². The van der Waals surface area contributed by atoms with Crippen molar-refractivity contribution in [2.75, 3.05) is 0 Å². The first kappa shape index (κ1) is 7.68. The lowest BCUT2D eigenvalue weighted by molar-refractivity contribution is 0.890. The summed E-state index contributed by atoms with van der Waals surface area (Å²) in [5.41, 5.74) is 2.40. The quantitative estimate of drug-likeness (QED) is 0.538. The lowest BCUT2D eigenvalue weighted by Gasteiger charge is -2.00. The summed E-state index contributed by atoms with van der Waals surface area (Å²) in [6.45, 7) is 0. The van der Waals surface area contributed by atoms with E-state index in [0.29, 0.717) is 4.83 Å². The predicted octanol–water partition coefficient (Wildman–Crippen LogP) is 2.62. The van der Waals surface area contributed by atoms with Crippen molar-refractivity contribution >= 4 is 31.9 Å². The zero-order chi connectivity index (χ0) is 7.84. The summed E-state index contributed by atoms with van der Waals surface area (Å²) < 4.78 is 0.949. The van der Waals surface area contributed by atoms with Gasteiger partial charge in [-0.25, -0.2) is 9.97 Å². The zero-order valence-electron chi connectivity index (χ0n) is 5.72. The molecule has 1 aliphatic rings. The number of fused-ring (bicyclic) bond motifs is 1. The van der Waals surface area contributed by atoms with E-state index in [4.69, 9.17) is 0 Å². The molecule has 1 aliphatic carbocycles. The van der Waals surface area contributed by atoms with Crippen molar-refractivity contribution in [3.8, 4) is 0 Å². The van der Waals surface area contributed by atoms with Gasteiger partial charge in [-0.2, -0.15) is 0 Å². The van der Waals surface area contributed by atoms with Gasteiger partial charge in [0.05, 0.1) is 10.5 Å². The largest absolute Gasteiger partial charge is 0.240 e. The maximum atomic E-state index is 4.21. The Labute approximate surface area is 81.7 Å². The summed E-state index contributed by atoms with van der Waals surface area (Å²) >= 11 is 6.96. The molecular formula is C7H6Br2N2. The molecule has 4 heteroatoms. The molecule has 11 heavy (non-hydrogen) atoms. The van der Waals surface area contributed by atoms with Crippen LogP contribution in [-0.2, 0) is 6.42 Å². The van der Waals surface area contributed by atoms with E-state index in [1.165, 1.54) is 5.56 Å². The van der Waals surface area contributed by atoms with E-state index in [0.717, 1.165) is 23.1 Å². The van der Waals surface area contributed by atoms with Crippen molar-refractivity contribution in [1.29, 1.82) is 0 Å². The Morgan fingerprint density at radius 3 is 3.00 bits per heavy atom. The smallest absolute Gasteiger partial charge is 0.117 e. The Morgan fingerprint density at radius 2 is 2.27 bits per heavy atom. The summed E-state index contributed by atoms with van der Waals surface area (Å²) in [4.78, 5) is 8.71. The molecular weight excluding hydrogens is 272 g/mol. The van der Waals surface area contributed by atoms with Gasteiger partial charge in [-0.15, -0.1) is 0 Å². The first-order valence-electron chi connectivity index (χ1n) is 3.42. The molecule has 1 atom stereocenters. The first-order chi connectivity index (χ1) is 5.29. The van der Waals surface area contributed by atoms with Crippen molar-refractivity contribution in [2.24, 2.45) is 0 Å². The maximum absolute atomic E-state index is 4.21. The Bertz CT molecular complexity index is 288. The van der Waals surface area contributed by atoms with Crippen LogP contribution in [0.1, 0.15) is 22.5 Å². The molecule has 2 nitrogen and oxygen atoms in total. The van der Waals surface area contributed by atoms with Gasteiger partial charge >= 0.3 is 0 Å². The van der Waals surface area contributed by atoms with Crippen molar-refractivity contribution in [3.63, 3.8) is 0 Å². The Hall–Kier alpha value is 0.0400. The van der Waals surface area contributed by atoms with Gasteiger partial charge in [0, 0.05) is 5.56 Å². The fourth-order valence-corrected chi connectivity index (χ4v) is 2.43. The lowest BCUT2D eigenvalue weighted by Crippen LogP contribution is -1.92. The summed E-state index contributed by atoms with van der Waals surface area (Å²) in [6, 6.07) is 0. The second kappa shape index (κ2) is 2.83. The Morgan fingerprint density at radius 1 is 1.45 bits per heavy atom. The van der Waals surface area contributed by atoms with Crippen LogP contribution >= 0.6 is 31.9 Å². The number of hydrogen-bond acceptors (Lipinski definition) is 2. The minimum absolute atomic E-state index is 0.428. The van der Waals surface area contributed by atoms with Gasteiger partial charge in [0.2, 0.25) is 0 Å². The molecule has 0 radical (unpaired) electrons. The average molecular weight is 278 g/mol. The second-order valence-electron chi connectivity index (χ2n) is 2.53. The fourth-order valence-electron chi connectivity index (χ4n) is 1.31. The van der Waals surface area contributed by atoms with E-state index in [9.17, 15) is 0 Å². The summed E-state index contributed by atoms with van der Waals surface area (Å²) in [5.74, 6) is 0. The predicted molar refractivity (Wildman–Crippen MR) is 49.7 cm³/mol.